The molecule has 1 amide bonds. The van der Waals surface area contributed by atoms with Gasteiger partial charge in [-0.15, -0.1) is 0 Å². The predicted octanol–water partition coefficient (Wildman–Crippen LogP) is 0.788. The lowest BCUT2D eigenvalue weighted by Gasteiger charge is -2.34. The van der Waals surface area contributed by atoms with Crippen molar-refractivity contribution >= 4 is 11.9 Å². The number of aryl methyl sites for hydroxylation is 1. The highest BCUT2D eigenvalue weighted by atomic mass is 16.1. The van der Waals surface area contributed by atoms with Crippen LogP contribution in [-0.4, -0.2) is 53.1 Å². The smallest absolute Gasteiger partial charge is 0.231 e. The van der Waals surface area contributed by atoms with E-state index in [1.807, 2.05) is 12.4 Å². The van der Waals surface area contributed by atoms with Crippen LogP contribution in [0, 0.1) is 6.92 Å². The van der Waals surface area contributed by atoms with Crippen LogP contribution in [0.15, 0.2) is 36.7 Å². The van der Waals surface area contributed by atoms with Gasteiger partial charge in [0.2, 0.25) is 11.9 Å². The number of hydrogen-bond acceptors (Lipinski definition) is 4. The molecule has 2 aromatic rings. The van der Waals surface area contributed by atoms with Crippen LogP contribution in [0.2, 0.25) is 0 Å². The summed E-state index contributed by atoms with van der Waals surface area (Å²) in [6.45, 7) is 5.75. The van der Waals surface area contributed by atoms with Gasteiger partial charge in [-0.05, 0) is 19.1 Å². The molecule has 1 saturated heterocycles. The number of rotatable bonds is 4. The van der Waals surface area contributed by atoms with Crippen LogP contribution in [0.1, 0.15) is 5.56 Å². The fourth-order valence-corrected chi connectivity index (χ4v) is 2.76. The van der Waals surface area contributed by atoms with Crippen molar-refractivity contribution in [3.8, 4) is 5.69 Å². The lowest BCUT2D eigenvalue weighted by atomic mass is 10.2. The molecule has 3 rings (SSSR count). The Balaban J connectivity index is 1.73. The van der Waals surface area contributed by atoms with Crippen LogP contribution >= 0.6 is 0 Å². The van der Waals surface area contributed by atoms with E-state index in [1.165, 1.54) is 5.56 Å². The SMILES string of the molecule is Cc1ccc(-n2ccnc2N2CCN(CC(N)=O)CC2)cc1. The third-order valence-corrected chi connectivity index (χ3v) is 3.97. The van der Waals surface area contributed by atoms with Gasteiger partial charge in [0.1, 0.15) is 0 Å². The molecule has 1 fully saturated rings. The van der Waals surface area contributed by atoms with Crippen molar-refractivity contribution in [3.05, 3.63) is 42.2 Å². The van der Waals surface area contributed by atoms with Crippen molar-refractivity contribution in [1.29, 1.82) is 0 Å². The Morgan fingerprint density at radius 1 is 1.18 bits per heavy atom. The molecule has 22 heavy (non-hydrogen) atoms. The van der Waals surface area contributed by atoms with Crippen molar-refractivity contribution in [3.63, 3.8) is 0 Å². The summed E-state index contributed by atoms with van der Waals surface area (Å²) in [4.78, 5) is 19.8. The van der Waals surface area contributed by atoms with Gasteiger partial charge in [-0.1, -0.05) is 17.7 Å². The number of piperazine rings is 1. The number of aromatic nitrogens is 2. The van der Waals surface area contributed by atoms with Gasteiger partial charge in [-0.25, -0.2) is 4.98 Å². The molecule has 0 spiro atoms. The summed E-state index contributed by atoms with van der Waals surface area (Å²) in [5, 5.41) is 0. The Morgan fingerprint density at radius 3 is 2.50 bits per heavy atom. The first kappa shape index (κ1) is 14.6. The zero-order valence-electron chi connectivity index (χ0n) is 12.8. The molecule has 0 saturated carbocycles. The van der Waals surface area contributed by atoms with Crippen LogP contribution in [0.3, 0.4) is 0 Å². The van der Waals surface area contributed by atoms with E-state index < -0.39 is 0 Å². The minimum Gasteiger partial charge on any atom is -0.369 e. The number of nitrogens with zero attached hydrogens (tertiary/aromatic N) is 4. The van der Waals surface area contributed by atoms with E-state index in [4.69, 9.17) is 5.73 Å². The van der Waals surface area contributed by atoms with Gasteiger partial charge in [0, 0.05) is 44.3 Å². The van der Waals surface area contributed by atoms with Crippen LogP contribution in [0.25, 0.3) is 5.69 Å². The van der Waals surface area contributed by atoms with Crippen molar-refractivity contribution < 1.29 is 4.79 Å². The van der Waals surface area contributed by atoms with Crippen LogP contribution in [-0.2, 0) is 4.79 Å². The third kappa shape index (κ3) is 3.12. The van der Waals surface area contributed by atoms with Gasteiger partial charge < -0.3 is 10.6 Å². The van der Waals surface area contributed by atoms with Gasteiger partial charge in [0.25, 0.3) is 0 Å². The molecule has 0 radical (unpaired) electrons. The maximum Gasteiger partial charge on any atom is 0.231 e. The molecular formula is C16H21N5O. The number of benzene rings is 1. The largest absolute Gasteiger partial charge is 0.369 e. The lowest BCUT2D eigenvalue weighted by molar-refractivity contribution is -0.119. The maximum absolute atomic E-state index is 11.0. The van der Waals surface area contributed by atoms with Crippen molar-refractivity contribution in [2.75, 3.05) is 37.6 Å². The molecule has 0 aliphatic carbocycles. The molecule has 1 aliphatic rings. The second-order valence-electron chi connectivity index (χ2n) is 5.66. The molecule has 6 heteroatoms. The zero-order valence-corrected chi connectivity index (χ0v) is 12.8. The average molecular weight is 299 g/mol. The second-order valence-corrected chi connectivity index (χ2v) is 5.66. The summed E-state index contributed by atoms with van der Waals surface area (Å²) in [6, 6.07) is 8.40. The minimum atomic E-state index is -0.269. The number of imidazole rings is 1. The maximum atomic E-state index is 11.0. The van der Waals surface area contributed by atoms with Crippen molar-refractivity contribution in [2.45, 2.75) is 6.92 Å². The Bertz CT molecular complexity index is 641. The molecular weight excluding hydrogens is 278 g/mol. The third-order valence-electron chi connectivity index (χ3n) is 3.97. The fourth-order valence-electron chi connectivity index (χ4n) is 2.76. The van der Waals surface area contributed by atoms with E-state index in [1.54, 1.807) is 0 Å². The summed E-state index contributed by atoms with van der Waals surface area (Å²) in [6.07, 6.45) is 3.81. The van der Waals surface area contributed by atoms with E-state index in [0.29, 0.717) is 6.54 Å². The number of carbonyl (C=O) groups is 1. The predicted molar refractivity (Wildman–Crippen MR) is 86.1 cm³/mol. The summed E-state index contributed by atoms with van der Waals surface area (Å²) in [5.41, 5.74) is 7.60. The highest BCUT2D eigenvalue weighted by Gasteiger charge is 2.21. The Hall–Kier alpha value is -2.34. The first-order valence-corrected chi connectivity index (χ1v) is 7.49. The van der Waals surface area contributed by atoms with Crippen molar-refractivity contribution in [2.24, 2.45) is 5.73 Å². The van der Waals surface area contributed by atoms with Gasteiger partial charge in [-0.2, -0.15) is 0 Å². The number of carbonyl (C=O) groups excluding carboxylic acids is 1. The Kier molecular flexibility index (Phi) is 4.11. The zero-order chi connectivity index (χ0) is 15.5. The molecule has 2 N–H and O–H groups in total. The Morgan fingerprint density at radius 2 is 1.86 bits per heavy atom. The standard InChI is InChI=1S/C16H21N5O/c1-13-2-4-14(5-3-13)21-7-6-18-16(21)20-10-8-19(9-11-20)12-15(17)22/h2-7H,8-12H2,1H3,(H2,17,22). The first-order valence-electron chi connectivity index (χ1n) is 7.49. The van der Waals surface area contributed by atoms with E-state index in [2.05, 4.69) is 50.5 Å². The molecule has 116 valence electrons. The first-order chi connectivity index (χ1) is 10.6. The van der Waals surface area contributed by atoms with Gasteiger partial charge in [0.15, 0.2) is 0 Å². The molecule has 1 aromatic carbocycles. The quantitative estimate of drug-likeness (QED) is 0.906. The normalized spacial score (nSPS) is 16.0. The molecule has 0 atom stereocenters. The summed E-state index contributed by atoms with van der Waals surface area (Å²) in [5.74, 6) is 0.678. The average Bonchev–Trinajstić information content (AvgIpc) is 2.97. The molecule has 6 nitrogen and oxygen atoms in total. The van der Waals surface area contributed by atoms with Crippen LogP contribution in [0.4, 0.5) is 5.95 Å². The topological polar surface area (TPSA) is 67.4 Å². The number of anilines is 1. The molecule has 0 bridgehead atoms. The number of nitrogens with two attached hydrogens (primary N) is 1. The van der Waals surface area contributed by atoms with E-state index in [-0.39, 0.29) is 5.91 Å². The van der Waals surface area contributed by atoms with E-state index in [9.17, 15) is 4.79 Å². The van der Waals surface area contributed by atoms with E-state index in [0.717, 1.165) is 37.8 Å². The van der Waals surface area contributed by atoms with Gasteiger partial charge >= 0.3 is 0 Å². The molecule has 1 aliphatic heterocycles. The molecule has 1 aromatic heterocycles. The Labute approximate surface area is 130 Å². The van der Waals surface area contributed by atoms with Crippen LogP contribution in [0.5, 0.6) is 0 Å². The fraction of sp³-hybridized carbons (Fsp3) is 0.375. The highest BCUT2D eigenvalue weighted by molar-refractivity contribution is 5.75. The summed E-state index contributed by atoms with van der Waals surface area (Å²) < 4.78 is 2.10. The number of amides is 1. The van der Waals surface area contributed by atoms with Crippen molar-refractivity contribution in [1.82, 2.24) is 14.5 Å². The van der Waals surface area contributed by atoms with E-state index >= 15 is 0 Å². The lowest BCUT2D eigenvalue weighted by Crippen LogP contribution is -2.49. The van der Waals surface area contributed by atoms with Crippen LogP contribution < -0.4 is 10.6 Å². The second kappa shape index (κ2) is 6.19. The summed E-state index contributed by atoms with van der Waals surface area (Å²) in [7, 11) is 0. The highest BCUT2D eigenvalue weighted by Crippen LogP contribution is 2.20. The molecule has 2 heterocycles. The molecule has 0 unspecified atom stereocenters. The van der Waals surface area contributed by atoms with Gasteiger partial charge in [-0.3, -0.25) is 14.3 Å². The monoisotopic (exact) mass is 299 g/mol. The van der Waals surface area contributed by atoms with Gasteiger partial charge in [0.05, 0.1) is 6.54 Å². The number of primary amides is 1. The minimum absolute atomic E-state index is 0.269. The summed E-state index contributed by atoms with van der Waals surface area (Å²) >= 11 is 0. The number of hydrogen-bond donors (Lipinski definition) is 1.